The van der Waals surface area contributed by atoms with Crippen LogP contribution in [0.5, 0.6) is 0 Å². The smallest absolute Gasteiger partial charge is 0.398 e. The lowest BCUT2D eigenvalue weighted by atomic mass is 10.2. The maximum absolute atomic E-state index is 13.0. The number of rotatable bonds is 4. The van der Waals surface area contributed by atoms with E-state index in [1.165, 1.54) is 19.0 Å². The van der Waals surface area contributed by atoms with E-state index in [9.17, 15) is 13.2 Å². The predicted molar refractivity (Wildman–Crippen MR) is 76.2 cm³/mol. The minimum atomic E-state index is -4.77. The number of hydrogen-bond acceptors (Lipinski definition) is 2. The van der Waals surface area contributed by atoms with Crippen LogP contribution in [0.15, 0.2) is 0 Å². The van der Waals surface area contributed by atoms with Crippen LogP contribution in [0, 0.1) is 0 Å². The van der Waals surface area contributed by atoms with Gasteiger partial charge in [0.1, 0.15) is 6.23 Å². The highest BCUT2D eigenvalue weighted by molar-refractivity contribution is 6.74. The van der Waals surface area contributed by atoms with Crippen molar-refractivity contribution in [3.05, 3.63) is 0 Å². The van der Waals surface area contributed by atoms with Crippen molar-refractivity contribution in [3.8, 4) is 0 Å². The number of halogens is 5. The van der Waals surface area contributed by atoms with E-state index in [0.717, 1.165) is 0 Å². The summed E-state index contributed by atoms with van der Waals surface area (Å²) in [6.07, 6.45) is -6.22. The summed E-state index contributed by atoms with van der Waals surface area (Å²) in [5.74, 6) is 0. The van der Waals surface area contributed by atoms with Gasteiger partial charge in [0.25, 0.3) is 4.33 Å². The van der Waals surface area contributed by atoms with Crippen molar-refractivity contribution in [2.45, 2.75) is 55.6 Å². The molecular formula is C11H22Cl2F3NOSi. The molecule has 0 fully saturated rings. The average molecular weight is 340 g/mol. The van der Waals surface area contributed by atoms with Crippen LogP contribution >= 0.6 is 23.2 Å². The maximum atomic E-state index is 13.0. The Morgan fingerprint density at radius 2 is 1.42 bits per heavy atom. The Bertz CT molecular complexity index is 314. The lowest BCUT2D eigenvalue weighted by Crippen LogP contribution is -2.58. The second-order valence-corrected chi connectivity index (χ2v) is 12.5. The van der Waals surface area contributed by atoms with Gasteiger partial charge in [-0.2, -0.15) is 13.2 Å². The van der Waals surface area contributed by atoms with Crippen LogP contribution in [0.4, 0.5) is 13.2 Å². The Morgan fingerprint density at radius 1 is 1.05 bits per heavy atom. The molecule has 2 nitrogen and oxygen atoms in total. The minimum Gasteiger partial charge on any atom is -0.398 e. The molecule has 0 heterocycles. The van der Waals surface area contributed by atoms with Gasteiger partial charge in [0.2, 0.25) is 0 Å². The van der Waals surface area contributed by atoms with Crippen molar-refractivity contribution in [3.63, 3.8) is 0 Å². The SMILES string of the molecule is CN(C)C(O[Si](C)(C)C(C)(C)C)C(Cl)(Cl)C(F)(F)F. The molecule has 0 saturated heterocycles. The van der Waals surface area contributed by atoms with E-state index >= 15 is 0 Å². The van der Waals surface area contributed by atoms with E-state index in [0.29, 0.717) is 0 Å². The minimum absolute atomic E-state index is 0.239. The van der Waals surface area contributed by atoms with Gasteiger partial charge < -0.3 is 4.43 Å². The molecule has 116 valence electrons. The van der Waals surface area contributed by atoms with Gasteiger partial charge >= 0.3 is 6.18 Å². The summed E-state index contributed by atoms with van der Waals surface area (Å²) in [4.78, 5) is 1.26. The average Bonchev–Trinajstić information content (AvgIpc) is 2.09. The Labute approximate surface area is 124 Å². The normalized spacial score (nSPS) is 16.9. The van der Waals surface area contributed by atoms with Gasteiger partial charge in [0.15, 0.2) is 8.32 Å². The molecule has 0 spiro atoms. The summed E-state index contributed by atoms with van der Waals surface area (Å²) in [5, 5.41) is -0.239. The van der Waals surface area contributed by atoms with Crippen LogP contribution in [0.25, 0.3) is 0 Å². The molecule has 0 saturated carbocycles. The third kappa shape index (κ3) is 4.49. The predicted octanol–water partition coefficient (Wildman–Crippen LogP) is 4.63. The third-order valence-electron chi connectivity index (χ3n) is 3.37. The summed E-state index contributed by atoms with van der Waals surface area (Å²) < 4.78 is 41.7. The van der Waals surface area contributed by atoms with Crippen molar-refractivity contribution in [2.75, 3.05) is 14.1 Å². The molecule has 0 rings (SSSR count). The highest BCUT2D eigenvalue weighted by atomic mass is 35.5. The summed E-state index contributed by atoms with van der Waals surface area (Å²) >= 11 is 11.1. The Morgan fingerprint density at radius 3 is 1.63 bits per heavy atom. The molecular weight excluding hydrogens is 318 g/mol. The first-order chi connectivity index (χ1) is 8.04. The zero-order valence-electron chi connectivity index (χ0n) is 12.3. The van der Waals surface area contributed by atoms with E-state index in [-0.39, 0.29) is 5.04 Å². The molecule has 0 aromatic rings. The number of hydrogen-bond donors (Lipinski definition) is 0. The van der Waals surface area contributed by atoms with E-state index in [4.69, 9.17) is 27.6 Å². The molecule has 0 N–H and O–H groups in total. The molecule has 0 aromatic carbocycles. The van der Waals surface area contributed by atoms with Crippen molar-refractivity contribution in [2.24, 2.45) is 0 Å². The molecule has 1 unspecified atom stereocenters. The lowest BCUT2D eigenvalue weighted by Gasteiger charge is -2.44. The monoisotopic (exact) mass is 339 g/mol. The van der Waals surface area contributed by atoms with Gasteiger partial charge in [0, 0.05) is 0 Å². The van der Waals surface area contributed by atoms with Crippen molar-refractivity contribution < 1.29 is 17.6 Å². The van der Waals surface area contributed by atoms with Gasteiger partial charge in [-0.3, -0.25) is 4.90 Å². The largest absolute Gasteiger partial charge is 0.425 e. The Balaban J connectivity index is 5.40. The zero-order chi connectivity index (χ0) is 15.9. The summed E-state index contributed by atoms with van der Waals surface area (Å²) in [7, 11) is 0.493. The van der Waals surface area contributed by atoms with Gasteiger partial charge in [-0.15, -0.1) is 0 Å². The van der Waals surface area contributed by atoms with Crippen molar-refractivity contribution in [1.82, 2.24) is 4.90 Å². The molecule has 0 amide bonds. The van der Waals surface area contributed by atoms with E-state index in [2.05, 4.69) is 0 Å². The fourth-order valence-electron chi connectivity index (χ4n) is 1.10. The van der Waals surface area contributed by atoms with E-state index < -0.39 is 25.1 Å². The molecule has 1 atom stereocenters. The molecule has 0 aliphatic heterocycles. The first-order valence-electron chi connectivity index (χ1n) is 5.83. The van der Waals surface area contributed by atoms with Crippen LogP contribution < -0.4 is 0 Å². The summed E-state index contributed by atoms with van der Waals surface area (Å²) in [6.45, 7) is 9.50. The molecule has 19 heavy (non-hydrogen) atoms. The van der Waals surface area contributed by atoms with Gasteiger partial charge in [-0.05, 0) is 32.2 Å². The van der Waals surface area contributed by atoms with Crippen molar-refractivity contribution >= 4 is 31.5 Å². The van der Waals surface area contributed by atoms with Crippen LogP contribution in [-0.2, 0) is 4.43 Å². The third-order valence-corrected chi connectivity index (χ3v) is 8.60. The van der Waals surface area contributed by atoms with Gasteiger partial charge in [-0.25, -0.2) is 0 Å². The summed E-state index contributed by atoms with van der Waals surface area (Å²) in [6, 6.07) is 0. The molecule has 0 aliphatic carbocycles. The Kier molecular flexibility index (Phi) is 5.87. The van der Waals surface area contributed by atoms with E-state index in [1.54, 1.807) is 0 Å². The van der Waals surface area contributed by atoms with Crippen LogP contribution in [0.3, 0.4) is 0 Å². The van der Waals surface area contributed by atoms with Crippen LogP contribution in [0.2, 0.25) is 18.1 Å². The fraction of sp³-hybridized carbons (Fsp3) is 1.00. The topological polar surface area (TPSA) is 12.5 Å². The zero-order valence-corrected chi connectivity index (χ0v) is 14.8. The standard InChI is InChI=1S/C11H22Cl2F3NOSi/c1-9(2,3)19(6,7)18-8(17(4)5)10(12,13)11(14,15)16/h8H,1-7H3. The maximum Gasteiger partial charge on any atom is 0.425 e. The first-order valence-corrected chi connectivity index (χ1v) is 9.49. The quantitative estimate of drug-likeness (QED) is 0.420. The molecule has 0 bridgehead atoms. The molecule has 0 radical (unpaired) electrons. The van der Waals surface area contributed by atoms with Gasteiger partial charge in [-0.1, -0.05) is 44.0 Å². The fourth-order valence-corrected chi connectivity index (χ4v) is 3.03. The lowest BCUT2D eigenvalue weighted by molar-refractivity contribution is -0.175. The van der Waals surface area contributed by atoms with E-state index in [1.807, 2.05) is 33.9 Å². The second-order valence-electron chi connectivity index (χ2n) is 6.31. The molecule has 0 aliphatic rings. The Hall–Kier alpha value is 0.507. The highest BCUT2D eigenvalue weighted by Crippen LogP contribution is 2.47. The highest BCUT2D eigenvalue weighted by Gasteiger charge is 2.60. The van der Waals surface area contributed by atoms with Gasteiger partial charge in [0.05, 0.1) is 0 Å². The number of alkyl halides is 5. The van der Waals surface area contributed by atoms with Crippen LogP contribution in [-0.4, -0.2) is 44.1 Å². The molecule has 8 heteroatoms. The van der Waals surface area contributed by atoms with Crippen molar-refractivity contribution in [1.29, 1.82) is 0 Å². The first kappa shape index (κ1) is 19.5. The second kappa shape index (κ2) is 5.71. The molecule has 0 aromatic heterocycles. The van der Waals surface area contributed by atoms with Crippen LogP contribution in [0.1, 0.15) is 20.8 Å². The number of nitrogens with zero attached hydrogens (tertiary/aromatic N) is 1. The summed E-state index contributed by atoms with van der Waals surface area (Å²) in [5.41, 5.74) is 0.